The molecule has 0 radical (unpaired) electrons. The average Bonchev–Trinajstić information content (AvgIpc) is 2.29. The predicted octanol–water partition coefficient (Wildman–Crippen LogP) is 0.622. The number of ether oxygens (including phenoxy) is 2. The second-order valence-corrected chi connectivity index (χ2v) is 3.04. The smallest absolute Gasteiger partial charge is 0.161 e. The van der Waals surface area contributed by atoms with E-state index in [9.17, 15) is 0 Å². The molecule has 0 heterocycles. The lowest BCUT2D eigenvalue weighted by Crippen LogP contribution is -2.26. The lowest BCUT2D eigenvalue weighted by atomic mass is 10.3. The minimum atomic E-state index is 0.611. The molecule has 0 unspecified atom stereocenters. The largest absolute Gasteiger partial charge is 0.493 e. The van der Waals surface area contributed by atoms with Crippen LogP contribution in [0.25, 0.3) is 0 Å². The first kappa shape index (κ1) is 11.8. The first-order chi connectivity index (χ1) is 7.38. The molecular weight excluding hydrogens is 192 g/mol. The van der Waals surface area contributed by atoms with Gasteiger partial charge in [0, 0.05) is 19.6 Å². The van der Waals surface area contributed by atoms with Crippen LogP contribution in [-0.2, 0) is 0 Å². The first-order valence-corrected chi connectivity index (χ1v) is 5.05. The van der Waals surface area contributed by atoms with Crippen molar-refractivity contribution in [3.63, 3.8) is 0 Å². The molecular formula is C11H18N2O2. The monoisotopic (exact) mass is 210 g/mol. The summed E-state index contributed by atoms with van der Waals surface area (Å²) < 4.78 is 10.7. The fourth-order valence-corrected chi connectivity index (χ4v) is 1.20. The Kier molecular flexibility index (Phi) is 5.58. The maximum absolute atomic E-state index is 5.55. The molecule has 15 heavy (non-hydrogen) atoms. The summed E-state index contributed by atoms with van der Waals surface area (Å²) in [6, 6.07) is 7.61. The van der Waals surface area contributed by atoms with E-state index in [1.807, 2.05) is 24.3 Å². The van der Waals surface area contributed by atoms with Crippen molar-refractivity contribution in [2.45, 2.75) is 0 Å². The third kappa shape index (κ3) is 4.18. The van der Waals surface area contributed by atoms with Gasteiger partial charge in [0.1, 0.15) is 6.61 Å². The molecule has 3 N–H and O–H groups in total. The Balaban J connectivity index is 2.30. The minimum Gasteiger partial charge on any atom is -0.493 e. The lowest BCUT2D eigenvalue weighted by molar-refractivity contribution is 0.293. The molecule has 0 aliphatic heterocycles. The predicted molar refractivity (Wildman–Crippen MR) is 60.4 cm³/mol. The average molecular weight is 210 g/mol. The number of methoxy groups -OCH3 is 1. The summed E-state index contributed by atoms with van der Waals surface area (Å²) >= 11 is 0. The number of rotatable bonds is 7. The van der Waals surface area contributed by atoms with E-state index < -0.39 is 0 Å². The number of para-hydroxylation sites is 2. The van der Waals surface area contributed by atoms with Crippen molar-refractivity contribution in [1.82, 2.24) is 5.32 Å². The molecule has 0 aliphatic carbocycles. The number of benzene rings is 1. The minimum absolute atomic E-state index is 0.611. The molecule has 0 bridgehead atoms. The quantitative estimate of drug-likeness (QED) is 0.648. The highest BCUT2D eigenvalue weighted by Crippen LogP contribution is 2.25. The molecule has 1 rings (SSSR count). The molecule has 0 amide bonds. The van der Waals surface area contributed by atoms with Crippen LogP contribution in [0.1, 0.15) is 0 Å². The van der Waals surface area contributed by atoms with E-state index in [-0.39, 0.29) is 0 Å². The van der Waals surface area contributed by atoms with Gasteiger partial charge in [-0.15, -0.1) is 0 Å². The molecule has 4 nitrogen and oxygen atoms in total. The third-order valence-corrected chi connectivity index (χ3v) is 1.93. The number of nitrogens with two attached hydrogens (primary N) is 1. The van der Waals surface area contributed by atoms with Gasteiger partial charge in [0.05, 0.1) is 7.11 Å². The van der Waals surface area contributed by atoms with E-state index in [2.05, 4.69) is 5.32 Å². The van der Waals surface area contributed by atoms with Crippen molar-refractivity contribution < 1.29 is 9.47 Å². The summed E-state index contributed by atoms with van der Waals surface area (Å²) in [6.45, 7) is 2.86. The van der Waals surface area contributed by atoms with E-state index in [0.29, 0.717) is 13.2 Å². The maximum Gasteiger partial charge on any atom is 0.161 e. The summed E-state index contributed by atoms with van der Waals surface area (Å²) in [7, 11) is 1.63. The zero-order valence-electron chi connectivity index (χ0n) is 9.03. The molecule has 0 aliphatic rings. The van der Waals surface area contributed by atoms with E-state index in [0.717, 1.165) is 24.6 Å². The van der Waals surface area contributed by atoms with Gasteiger partial charge in [0.2, 0.25) is 0 Å². The second-order valence-electron chi connectivity index (χ2n) is 3.04. The summed E-state index contributed by atoms with van der Waals surface area (Å²) in [5, 5.41) is 3.15. The number of nitrogens with one attached hydrogen (secondary N) is 1. The molecule has 0 saturated heterocycles. The van der Waals surface area contributed by atoms with Gasteiger partial charge in [-0.3, -0.25) is 0 Å². The van der Waals surface area contributed by atoms with Crippen molar-refractivity contribution in [2.75, 3.05) is 33.4 Å². The highest BCUT2D eigenvalue weighted by atomic mass is 16.5. The van der Waals surface area contributed by atoms with Crippen LogP contribution >= 0.6 is 0 Å². The summed E-state index contributed by atoms with van der Waals surface area (Å²) in [4.78, 5) is 0. The van der Waals surface area contributed by atoms with Gasteiger partial charge in [-0.1, -0.05) is 12.1 Å². The van der Waals surface area contributed by atoms with Gasteiger partial charge in [0.15, 0.2) is 11.5 Å². The van der Waals surface area contributed by atoms with Crippen molar-refractivity contribution in [1.29, 1.82) is 0 Å². The highest BCUT2D eigenvalue weighted by molar-refractivity contribution is 5.39. The lowest BCUT2D eigenvalue weighted by Gasteiger charge is -2.10. The van der Waals surface area contributed by atoms with Gasteiger partial charge in [-0.2, -0.15) is 0 Å². The Morgan fingerprint density at radius 2 is 1.93 bits per heavy atom. The Morgan fingerprint density at radius 3 is 2.60 bits per heavy atom. The zero-order valence-corrected chi connectivity index (χ0v) is 9.03. The molecule has 84 valence electrons. The van der Waals surface area contributed by atoms with E-state index in [1.54, 1.807) is 7.11 Å². The molecule has 0 saturated carbocycles. The Morgan fingerprint density at radius 1 is 1.20 bits per heavy atom. The Bertz CT molecular complexity index is 279. The van der Waals surface area contributed by atoms with Crippen LogP contribution in [0, 0.1) is 0 Å². The summed E-state index contributed by atoms with van der Waals surface area (Å²) in [6.07, 6.45) is 0. The molecule has 0 spiro atoms. The van der Waals surface area contributed by atoms with E-state index in [1.165, 1.54) is 0 Å². The summed E-state index contributed by atoms with van der Waals surface area (Å²) in [5.41, 5.74) is 5.34. The standard InChI is InChI=1S/C11H18N2O2/c1-14-10-4-2-3-5-11(10)15-9-8-13-7-6-12/h2-5,13H,6-9,12H2,1H3. The molecule has 0 aromatic heterocycles. The molecule has 1 aromatic rings. The van der Waals surface area contributed by atoms with Gasteiger partial charge >= 0.3 is 0 Å². The van der Waals surface area contributed by atoms with Gasteiger partial charge < -0.3 is 20.5 Å². The molecule has 1 aromatic carbocycles. The highest BCUT2D eigenvalue weighted by Gasteiger charge is 2.00. The van der Waals surface area contributed by atoms with Crippen molar-refractivity contribution in [3.05, 3.63) is 24.3 Å². The van der Waals surface area contributed by atoms with Gasteiger partial charge in [-0.05, 0) is 12.1 Å². The van der Waals surface area contributed by atoms with Crippen molar-refractivity contribution >= 4 is 0 Å². The van der Waals surface area contributed by atoms with Crippen LogP contribution in [0.5, 0.6) is 11.5 Å². The van der Waals surface area contributed by atoms with Gasteiger partial charge in [-0.25, -0.2) is 0 Å². The van der Waals surface area contributed by atoms with Crippen LogP contribution in [0.3, 0.4) is 0 Å². The number of hydrogen-bond donors (Lipinski definition) is 2. The van der Waals surface area contributed by atoms with E-state index in [4.69, 9.17) is 15.2 Å². The third-order valence-electron chi connectivity index (χ3n) is 1.93. The van der Waals surface area contributed by atoms with Crippen molar-refractivity contribution in [3.8, 4) is 11.5 Å². The van der Waals surface area contributed by atoms with Gasteiger partial charge in [0.25, 0.3) is 0 Å². The normalized spacial score (nSPS) is 10.0. The van der Waals surface area contributed by atoms with Crippen LogP contribution < -0.4 is 20.5 Å². The van der Waals surface area contributed by atoms with Crippen LogP contribution in [0.15, 0.2) is 24.3 Å². The van der Waals surface area contributed by atoms with Crippen LogP contribution in [0.4, 0.5) is 0 Å². The molecule has 0 atom stereocenters. The molecule has 0 fully saturated rings. The number of hydrogen-bond acceptors (Lipinski definition) is 4. The van der Waals surface area contributed by atoms with Crippen LogP contribution in [-0.4, -0.2) is 33.4 Å². The summed E-state index contributed by atoms with van der Waals surface area (Å²) in [5.74, 6) is 1.53. The second kappa shape index (κ2) is 7.09. The Hall–Kier alpha value is -1.26. The van der Waals surface area contributed by atoms with Crippen molar-refractivity contribution in [2.24, 2.45) is 5.73 Å². The van der Waals surface area contributed by atoms with E-state index >= 15 is 0 Å². The first-order valence-electron chi connectivity index (χ1n) is 5.05. The fraction of sp³-hybridized carbons (Fsp3) is 0.455. The Labute approximate surface area is 90.4 Å². The topological polar surface area (TPSA) is 56.5 Å². The molecule has 4 heteroatoms. The van der Waals surface area contributed by atoms with Crippen LogP contribution in [0.2, 0.25) is 0 Å². The fourth-order valence-electron chi connectivity index (χ4n) is 1.20. The maximum atomic E-state index is 5.55. The zero-order chi connectivity index (χ0) is 10.9. The SMILES string of the molecule is COc1ccccc1OCCNCCN.